The number of hydrogen-bond acceptors (Lipinski definition) is 1. The summed E-state index contributed by atoms with van der Waals surface area (Å²) < 4.78 is 37.3. The first-order chi connectivity index (χ1) is 6.86. The van der Waals surface area contributed by atoms with Crippen molar-refractivity contribution in [2.24, 2.45) is 0 Å². The zero-order valence-corrected chi connectivity index (χ0v) is 8.44. The first kappa shape index (κ1) is 12.3. The first-order valence-electron chi connectivity index (χ1n) is 4.17. The molecule has 1 unspecified atom stereocenters. The van der Waals surface area contributed by atoms with E-state index in [1.165, 1.54) is 6.07 Å². The topological polar surface area (TPSA) is 20.2 Å². The van der Waals surface area contributed by atoms with Crippen LogP contribution in [-0.4, -0.2) is 11.7 Å². The Balaban J connectivity index is 3.17. The average molecular weight is 238 g/mol. The van der Waals surface area contributed by atoms with Crippen molar-refractivity contribution in [3.05, 3.63) is 41.3 Å². The van der Waals surface area contributed by atoms with Gasteiger partial charge in [-0.2, -0.15) is 13.2 Å². The van der Waals surface area contributed by atoms with Crippen molar-refractivity contribution in [2.45, 2.75) is 12.1 Å². The summed E-state index contributed by atoms with van der Waals surface area (Å²) in [5.41, 5.74) is -0.585. The van der Waals surface area contributed by atoms with E-state index in [1.807, 2.05) is 0 Å². The highest BCUT2D eigenvalue weighted by molar-refractivity contribution is 6.31. The maximum atomic E-state index is 12.4. The third kappa shape index (κ3) is 2.86. The van der Waals surface area contributed by atoms with Crippen LogP contribution in [0.15, 0.2) is 18.2 Å². The largest absolute Gasteiger partial charge is 0.417 e. The van der Waals surface area contributed by atoms with Gasteiger partial charge in [-0.05, 0) is 24.6 Å². The highest BCUT2D eigenvalue weighted by Gasteiger charge is 2.33. The Hall–Kier alpha value is -0.740. The van der Waals surface area contributed by atoms with Crippen molar-refractivity contribution in [1.82, 2.24) is 0 Å². The van der Waals surface area contributed by atoms with Crippen LogP contribution in [0, 0.1) is 6.92 Å². The van der Waals surface area contributed by atoms with E-state index in [-0.39, 0.29) is 11.6 Å². The lowest BCUT2D eigenvalue weighted by molar-refractivity contribution is -0.137. The van der Waals surface area contributed by atoms with E-state index in [4.69, 9.17) is 16.7 Å². The summed E-state index contributed by atoms with van der Waals surface area (Å²) in [5, 5.41) is 8.42. The zero-order chi connectivity index (χ0) is 11.6. The van der Waals surface area contributed by atoms with Crippen molar-refractivity contribution in [2.75, 3.05) is 6.61 Å². The van der Waals surface area contributed by atoms with Crippen LogP contribution in [0.1, 0.15) is 17.0 Å². The third-order valence-corrected chi connectivity index (χ3v) is 2.32. The van der Waals surface area contributed by atoms with Crippen molar-refractivity contribution >= 4 is 11.6 Å². The lowest BCUT2D eigenvalue weighted by atomic mass is 10.00. The van der Waals surface area contributed by atoms with E-state index in [9.17, 15) is 13.2 Å². The Labute approximate surface area is 90.5 Å². The fraction of sp³-hybridized carbons (Fsp3) is 0.300. The van der Waals surface area contributed by atoms with Crippen LogP contribution in [0.25, 0.3) is 0 Å². The Morgan fingerprint density at radius 3 is 2.47 bits per heavy atom. The van der Waals surface area contributed by atoms with Crippen LogP contribution in [0.3, 0.4) is 0 Å². The minimum atomic E-state index is -4.48. The lowest BCUT2D eigenvalue weighted by Gasteiger charge is -2.13. The summed E-state index contributed by atoms with van der Waals surface area (Å²) in [4.78, 5) is 0. The summed E-state index contributed by atoms with van der Waals surface area (Å²) in [6.45, 7) is 3.21. The van der Waals surface area contributed by atoms with Crippen molar-refractivity contribution in [3.63, 3.8) is 0 Å². The smallest absolute Gasteiger partial charge is 0.396 e. The second-order valence-corrected chi connectivity index (χ2v) is 3.52. The molecule has 1 aromatic carbocycles. The normalized spacial score (nSPS) is 14.0. The van der Waals surface area contributed by atoms with Crippen molar-refractivity contribution in [3.8, 4) is 0 Å². The van der Waals surface area contributed by atoms with Gasteiger partial charge in [0.05, 0.1) is 10.6 Å². The summed E-state index contributed by atoms with van der Waals surface area (Å²) in [6.07, 6.45) is -4.48. The molecule has 1 atom stereocenters. The average Bonchev–Trinajstić information content (AvgIpc) is 2.15. The maximum absolute atomic E-state index is 12.4. The molecule has 0 aliphatic rings. The van der Waals surface area contributed by atoms with Gasteiger partial charge in [0, 0.05) is 12.5 Å². The molecule has 0 bridgehead atoms. The molecule has 0 fully saturated rings. The minimum Gasteiger partial charge on any atom is -0.396 e. The van der Waals surface area contributed by atoms with E-state index in [2.05, 4.69) is 6.92 Å². The molecule has 0 aliphatic heterocycles. The van der Waals surface area contributed by atoms with Gasteiger partial charge in [-0.15, -0.1) is 0 Å². The fourth-order valence-corrected chi connectivity index (χ4v) is 1.34. The second-order valence-electron chi connectivity index (χ2n) is 3.12. The highest BCUT2D eigenvalue weighted by atomic mass is 35.5. The van der Waals surface area contributed by atoms with Gasteiger partial charge in [-0.3, -0.25) is 0 Å². The number of alkyl halides is 3. The highest BCUT2D eigenvalue weighted by Crippen LogP contribution is 2.36. The molecule has 1 N–H and O–H groups in total. The number of aliphatic hydroxyl groups is 1. The van der Waals surface area contributed by atoms with Gasteiger partial charge >= 0.3 is 6.18 Å². The van der Waals surface area contributed by atoms with Crippen LogP contribution in [0.5, 0.6) is 0 Å². The van der Waals surface area contributed by atoms with Crippen LogP contribution < -0.4 is 0 Å². The van der Waals surface area contributed by atoms with Crippen LogP contribution in [-0.2, 0) is 6.18 Å². The molecule has 83 valence electrons. The Morgan fingerprint density at radius 1 is 1.40 bits per heavy atom. The number of aliphatic hydroxyl groups excluding tert-OH is 1. The van der Waals surface area contributed by atoms with Gasteiger partial charge in [-0.25, -0.2) is 0 Å². The van der Waals surface area contributed by atoms with Crippen molar-refractivity contribution in [1.29, 1.82) is 0 Å². The van der Waals surface area contributed by atoms with Crippen LogP contribution in [0.4, 0.5) is 13.2 Å². The molecule has 0 saturated carbocycles. The molecular weight excluding hydrogens is 229 g/mol. The van der Waals surface area contributed by atoms with Gasteiger partial charge < -0.3 is 5.11 Å². The molecule has 0 aliphatic carbocycles. The molecule has 5 heteroatoms. The van der Waals surface area contributed by atoms with Crippen LogP contribution in [0.2, 0.25) is 5.02 Å². The maximum Gasteiger partial charge on any atom is 0.417 e. The number of benzene rings is 1. The van der Waals surface area contributed by atoms with E-state index >= 15 is 0 Å². The predicted octanol–water partition coefficient (Wildman–Crippen LogP) is 3.27. The van der Waals surface area contributed by atoms with Gasteiger partial charge in [0.15, 0.2) is 0 Å². The standard InChI is InChI=1S/C10H9ClF3O/c1-6(5-15)7-2-3-9(11)8(4-7)10(12,13)14/h2-4,6,15H,1,5H2. The van der Waals surface area contributed by atoms with E-state index in [0.717, 1.165) is 12.1 Å². The molecule has 1 rings (SSSR count). The number of rotatable bonds is 2. The first-order valence-corrected chi connectivity index (χ1v) is 4.54. The van der Waals surface area contributed by atoms with Gasteiger partial charge in [0.1, 0.15) is 0 Å². The van der Waals surface area contributed by atoms with Gasteiger partial charge in [-0.1, -0.05) is 17.7 Å². The molecule has 0 amide bonds. The fourth-order valence-electron chi connectivity index (χ4n) is 1.12. The summed E-state index contributed by atoms with van der Waals surface area (Å²) >= 11 is 5.43. The van der Waals surface area contributed by atoms with Crippen LogP contribution >= 0.6 is 11.6 Å². The molecule has 0 saturated heterocycles. The summed E-state index contributed by atoms with van der Waals surface area (Å²) in [5.74, 6) is -0.580. The van der Waals surface area contributed by atoms with E-state index in [1.54, 1.807) is 0 Å². The molecule has 1 radical (unpaired) electrons. The summed E-state index contributed by atoms with van der Waals surface area (Å²) in [6, 6.07) is 3.50. The molecule has 0 aromatic heterocycles. The summed E-state index contributed by atoms with van der Waals surface area (Å²) in [7, 11) is 0. The third-order valence-electron chi connectivity index (χ3n) is 1.99. The molecule has 15 heavy (non-hydrogen) atoms. The van der Waals surface area contributed by atoms with Gasteiger partial charge in [0.25, 0.3) is 0 Å². The number of halogens is 4. The molecule has 0 heterocycles. The quantitative estimate of drug-likeness (QED) is 0.837. The molecule has 1 nitrogen and oxygen atoms in total. The number of hydrogen-bond donors (Lipinski definition) is 1. The Morgan fingerprint density at radius 2 is 2.00 bits per heavy atom. The molecule has 1 aromatic rings. The monoisotopic (exact) mass is 237 g/mol. The lowest BCUT2D eigenvalue weighted by Crippen LogP contribution is -2.08. The Kier molecular flexibility index (Phi) is 3.62. The molecule has 0 spiro atoms. The second kappa shape index (κ2) is 4.41. The van der Waals surface area contributed by atoms with Gasteiger partial charge in [0.2, 0.25) is 0 Å². The minimum absolute atomic E-state index is 0.307. The van der Waals surface area contributed by atoms with E-state index < -0.39 is 17.7 Å². The Bertz CT molecular complexity index is 349. The predicted molar refractivity (Wildman–Crippen MR) is 51.6 cm³/mol. The zero-order valence-electron chi connectivity index (χ0n) is 7.68. The SMILES string of the molecule is [CH2]C(CO)c1ccc(Cl)c(C(F)(F)F)c1. The van der Waals surface area contributed by atoms with Crippen molar-refractivity contribution < 1.29 is 18.3 Å². The van der Waals surface area contributed by atoms with E-state index in [0.29, 0.717) is 5.56 Å². The molecular formula is C10H9ClF3O.